The van der Waals surface area contributed by atoms with Crippen LogP contribution in [0.15, 0.2) is 66.7 Å². The van der Waals surface area contributed by atoms with Gasteiger partial charge in [0.05, 0.1) is 0 Å². The summed E-state index contributed by atoms with van der Waals surface area (Å²) < 4.78 is 0. The van der Waals surface area contributed by atoms with Crippen LogP contribution in [-0.4, -0.2) is 6.29 Å². The van der Waals surface area contributed by atoms with E-state index >= 15 is 0 Å². The monoisotopic (exact) mass is 297 g/mol. The zero-order valence-electron chi connectivity index (χ0n) is 12.5. The Morgan fingerprint density at radius 2 is 1.52 bits per heavy atom. The van der Waals surface area contributed by atoms with Crippen LogP contribution >= 0.6 is 0 Å². The number of carbonyl (C=O) groups excluding carboxylic acids is 1. The van der Waals surface area contributed by atoms with Gasteiger partial charge in [0.2, 0.25) is 0 Å². The molecule has 3 aromatic rings. The molecule has 0 saturated carbocycles. The second kappa shape index (κ2) is 5.58. The number of fused-ring (bicyclic) bond motifs is 2. The molecule has 1 aliphatic rings. The lowest BCUT2D eigenvalue weighted by Crippen LogP contribution is -1.94. The first-order valence-electron chi connectivity index (χ1n) is 7.58. The van der Waals surface area contributed by atoms with Gasteiger partial charge in [0, 0.05) is 22.5 Å². The van der Waals surface area contributed by atoms with Gasteiger partial charge in [0.15, 0.2) is 0 Å². The Morgan fingerprint density at radius 3 is 2.35 bits per heavy atom. The van der Waals surface area contributed by atoms with Crippen LogP contribution in [0, 0.1) is 0 Å². The van der Waals surface area contributed by atoms with Crippen molar-refractivity contribution >= 4 is 29.8 Å². The fraction of sp³-hybridized carbons (Fsp3) is 0. The number of hydrogen-bond donors (Lipinski definition) is 1. The first-order valence-corrected chi connectivity index (χ1v) is 7.58. The van der Waals surface area contributed by atoms with Crippen LogP contribution in [0.25, 0.3) is 23.3 Å². The third-order valence-electron chi connectivity index (χ3n) is 4.12. The average molecular weight is 297 g/mol. The first kappa shape index (κ1) is 13.5. The highest BCUT2D eigenvalue weighted by molar-refractivity contribution is 5.93. The molecule has 0 aromatic heterocycles. The molecule has 2 nitrogen and oxygen atoms in total. The van der Waals surface area contributed by atoms with Gasteiger partial charge in [0.25, 0.3) is 0 Å². The third-order valence-corrected chi connectivity index (χ3v) is 4.12. The van der Waals surface area contributed by atoms with Crippen molar-refractivity contribution in [1.82, 2.24) is 0 Å². The summed E-state index contributed by atoms with van der Waals surface area (Å²) in [5.41, 5.74) is 7.46. The molecule has 0 unspecified atom stereocenters. The topological polar surface area (TPSA) is 29.1 Å². The second-order valence-corrected chi connectivity index (χ2v) is 5.55. The summed E-state index contributed by atoms with van der Waals surface area (Å²) in [6.07, 6.45) is 5.15. The van der Waals surface area contributed by atoms with Crippen molar-refractivity contribution in [3.63, 3.8) is 0 Å². The molecular formula is C21H15NO. The van der Waals surface area contributed by atoms with Crippen molar-refractivity contribution in [1.29, 1.82) is 0 Å². The van der Waals surface area contributed by atoms with Crippen molar-refractivity contribution < 1.29 is 4.79 Å². The van der Waals surface area contributed by atoms with Crippen LogP contribution in [-0.2, 0) is 0 Å². The highest BCUT2D eigenvalue weighted by Crippen LogP contribution is 2.36. The smallest absolute Gasteiger partial charge is 0.150 e. The summed E-state index contributed by atoms with van der Waals surface area (Å²) in [6, 6.07) is 22.2. The molecule has 1 aliphatic heterocycles. The van der Waals surface area contributed by atoms with E-state index in [0.29, 0.717) is 5.56 Å². The Balaban J connectivity index is 1.85. The Kier molecular flexibility index (Phi) is 3.28. The van der Waals surface area contributed by atoms with E-state index in [1.165, 1.54) is 5.56 Å². The lowest BCUT2D eigenvalue weighted by molar-refractivity contribution is 0.112. The molecule has 2 heteroatoms. The van der Waals surface area contributed by atoms with Crippen LogP contribution in [0.4, 0.5) is 11.4 Å². The number of rotatable bonds is 2. The Labute approximate surface area is 135 Å². The normalized spacial score (nSPS) is 11.8. The van der Waals surface area contributed by atoms with E-state index in [9.17, 15) is 4.79 Å². The van der Waals surface area contributed by atoms with E-state index < -0.39 is 0 Å². The zero-order chi connectivity index (χ0) is 15.6. The molecule has 3 aromatic carbocycles. The van der Waals surface area contributed by atoms with Gasteiger partial charge < -0.3 is 5.32 Å². The predicted octanol–water partition coefficient (Wildman–Crippen LogP) is 5.39. The number of nitrogens with one attached hydrogen (secondary N) is 1. The number of hydrogen-bond acceptors (Lipinski definition) is 2. The first-order chi connectivity index (χ1) is 11.3. The van der Waals surface area contributed by atoms with Crippen LogP contribution in [0.1, 0.15) is 21.5 Å². The lowest BCUT2D eigenvalue weighted by Gasteiger charge is -2.13. The standard InChI is InChI=1S/C21H15NO/c23-14-15-8-10-16(11-9-15)18-5-3-7-21-19(18)13-12-17-4-1-2-6-20(17)22-21/h1-14,22H. The van der Waals surface area contributed by atoms with Crippen molar-refractivity contribution in [3.8, 4) is 11.1 Å². The minimum atomic E-state index is 0.692. The van der Waals surface area contributed by atoms with Gasteiger partial charge in [-0.1, -0.05) is 66.7 Å². The molecule has 4 rings (SSSR count). The second-order valence-electron chi connectivity index (χ2n) is 5.55. The number of para-hydroxylation sites is 1. The summed E-state index contributed by atoms with van der Waals surface area (Å²) in [5.74, 6) is 0. The summed E-state index contributed by atoms with van der Waals surface area (Å²) in [6.45, 7) is 0. The summed E-state index contributed by atoms with van der Waals surface area (Å²) in [4.78, 5) is 10.8. The van der Waals surface area contributed by atoms with Gasteiger partial charge in [-0.2, -0.15) is 0 Å². The fourth-order valence-electron chi connectivity index (χ4n) is 2.92. The van der Waals surface area contributed by atoms with Gasteiger partial charge in [-0.25, -0.2) is 0 Å². The Bertz CT molecular complexity index is 907. The van der Waals surface area contributed by atoms with Crippen LogP contribution in [0.3, 0.4) is 0 Å². The van der Waals surface area contributed by atoms with Crippen molar-refractivity contribution in [2.45, 2.75) is 0 Å². The molecule has 0 bridgehead atoms. The summed E-state index contributed by atoms with van der Waals surface area (Å²) in [5, 5.41) is 3.52. The maximum Gasteiger partial charge on any atom is 0.150 e. The number of aldehydes is 1. The molecule has 0 amide bonds. The lowest BCUT2D eigenvalue weighted by atomic mass is 9.97. The van der Waals surface area contributed by atoms with E-state index in [4.69, 9.17) is 0 Å². The molecule has 23 heavy (non-hydrogen) atoms. The Morgan fingerprint density at radius 1 is 0.739 bits per heavy atom. The van der Waals surface area contributed by atoms with Crippen LogP contribution < -0.4 is 5.32 Å². The fourth-order valence-corrected chi connectivity index (χ4v) is 2.92. The van der Waals surface area contributed by atoms with Crippen molar-refractivity contribution in [2.75, 3.05) is 5.32 Å². The van der Waals surface area contributed by atoms with Gasteiger partial charge in [0.1, 0.15) is 6.29 Å². The van der Waals surface area contributed by atoms with Gasteiger partial charge in [-0.05, 0) is 28.8 Å². The minimum absolute atomic E-state index is 0.692. The molecule has 0 saturated heterocycles. The molecule has 110 valence electrons. The minimum Gasteiger partial charge on any atom is -0.355 e. The molecule has 0 spiro atoms. The van der Waals surface area contributed by atoms with Gasteiger partial charge in [-0.3, -0.25) is 4.79 Å². The predicted molar refractivity (Wildman–Crippen MR) is 95.9 cm³/mol. The quantitative estimate of drug-likeness (QED) is 0.502. The maximum absolute atomic E-state index is 10.8. The molecule has 1 N–H and O–H groups in total. The molecule has 0 aliphatic carbocycles. The Hall–Kier alpha value is -3.13. The highest BCUT2D eigenvalue weighted by Gasteiger charge is 2.12. The number of benzene rings is 3. The van der Waals surface area contributed by atoms with E-state index in [-0.39, 0.29) is 0 Å². The van der Waals surface area contributed by atoms with Gasteiger partial charge >= 0.3 is 0 Å². The van der Waals surface area contributed by atoms with E-state index in [2.05, 4.69) is 47.8 Å². The molecule has 0 radical (unpaired) electrons. The molecule has 1 heterocycles. The third kappa shape index (κ3) is 2.44. The number of carbonyl (C=O) groups is 1. The summed E-state index contributed by atoms with van der Waals surface area (Å²) >= 11 is 0. The highest BCUT2D eigenvalue weighted by atomic mass is 16.1. The maximum atomic E-state index is 10.8. The van der Waals surface area contributed by atoms with Crippen LogP contribution in [0.5, 0.6) is 0 Å². The van der Waals surface area contributed by atoms with E-state index in [1.807, 2.05) is 36.4 Å². The molecule has 0 atom stereocenters. The largest absolute Gasteiger partial charge is 0.355 e. The van der Waals surface area contributed by atoms with Crippen molar-refractivity contribution in [3.05, 3.63) is 83.4 Å². The number of anilines is 2. The van der Waals surface area contributed by atoms with E-state index in [0.717, 1.165) is 34.4 Å². The SMILES string of the molecule is O=Cc1ccc(-c2cccc3c2C=Cc2ccccc2N3)cc1. The molecular weight excluding hydrogens is 282 g/mol. The van der Waals surface area contributed by atoms with Gasteiger partial charge in [-0.15, -0.1) is 0 Å². The van der Waals surface area contributed by atoms with E-state index in [1.54, 1.807) is 0 Å². The van der Waals surface area contributed by atoms with Crippen molar-refractivity contribution in [2.24, 2.45) is 0 Å². The average Bonchev–Trinajstić information content (AvgIpc) is 2.81. The zero-order valence-corrected chi connectivity index (χ0v) is 12.5. The summed E-state index contributed by atoms with van der Waals surface area (Å²) in [7, 11) is 0. The molecule has 0 fully saturated rings. The van der Waals surface area contributed by atoms with Crippen LogP contribution in [0.2, 0.25) is 0 Å².